The maximum absolute atomic E-state index is 13.5. The number of carbonyl (C=O) groups excluding carboxylic acids is 2. The van der Waals surface area contributed by atoms with Gasteiger partial charge in [0.25, 0.3) is 0 Å². The molecule has 2 unspecified atom stereocenters. The molecule has 0 bridgehead atoms. The molecule has 0 aromatic heterocycles. The van der Waals surface area contributed by atoms with Crippen molar-refractivity contribution in [3.8, 4) is 6.07 Å². The van der Waals surface area contributed by atoms with E-state index in [-0.39, 0.29) is 28.8 Å². The predicted molar refractivity (Wildman–Crippen MR) is 128 cm³/mol. The van der Waals surface area contributed by atoms with Gasteiger partial charge < -0.3 is 10.2 Å². The van der Waals surface area contributed by atoms with Crippen molar-refractivity contribution in [3.63, 3.8) is 0 Å². The quantitative estimate of drug-likeness (QED) is 0.625. The Morgan fingerprint density at radius 3 is 2.38 bits per heavy atom. The first kappa shape index (κ1) is 24.5. The van der Waals surface area contributed by atoms with Gasteiger partial charge in [-0.25, -0.2) is 8.42 Å². The Morgan fingerprint density at radius 2 is 1.79 bits per heavy atom. The first-order chi connectivity index (χ1) is 16.1. The van der Waals surface area contributed by atoms with E-state index in [4.69, 9.17) is 23.2 Å². The predicted octanol–water partition coefficient (Wildman–Crippen LogP) is 3.71. The molecule has 1 saturated heterocycles. The number of hydrogen-bond acceptors (Lipinski definition) is 5. The number of carbonyl (C=O) groups is 2. The largest absolute Gasteiger partial charge is 0.336 e. The van der Waals surface area contributed by atoms with Crippen molar-refractivity contribution < 1.29 is 18.0 Å². The van der Waals surface area contributed by atoms with Gasteiger partial charge in [0.2, 0.25) is 11.8 Å². The molecule has 2 aromatic carbocycles. The normalized spacial score (nSPS) is 22.0. The van der Waals surface area contributed by atoms with Crippen molar-refractivity contribution in [2.75, 3.05) is 6.54 Å². The summed E-state index contributed by atoms with van der Waals surface area (Å²) in [5.74, 6) is -1.52. The van der Waals surface area contributed by atoms with E-state index in [1.54, 1.807) is 43.3 Å². The molecule has 1 heterocycles. The number of likely N-dealkylation sites (tertiary alicyclic amines) is 1. The van der Waals surface area contributed by atoms with Gasteiger partial charge in [0.1, 0.15) is 11.6 Å². The van der Waals surface area contributed by atoms with Crippen LogP contribution in [0.25, 0.3) is 0 Å². The molecule has 34 heavy (non-hydrogen) atoms. The minimum atomic E-state index is -3.92. The van der Waals surface area contributed by atoms with Gasteiger partial charge in [-0.3, -0.25) is 9.59 Å². The molecule has 10 heteroatoms. The highest BCUT2D eigenvalue weighted by Crippen LogP contribution is 2.37. The highest BCUT2D eigenvalue weighted by atomic mass is 35.5. The second-order valence-corrected chi connectivity index (χ2v) is 11.8. The van der Waals surface area contributed by atoms with Crippen molar-refractivity contribution in [3.05, 3.63) is 64.1 Å². The van der Waals surface area contributed by atoms with E-state index in [0.29, 0.717) is 23.4 Å². The maximum Gasteiger partial charge on any atom is 0.244 e. The molecule has 7 nitrogen and oxygen atoms in total. The van der Waals surface area contributed by atoms with Gasteiger partial charge >= 0.3 is 0 Å². The van der Waals surface area contributed by atoms with Crippen molar-refractivity contribution in [2.24, 2.45) is 0 Å². The average molecular weight is 520 g/mol. The van der Waals surface area contributed by atoms with Gasteiger partial charge in [0, 0.05) is 11.6 Å². The number of hydrogen-bond donors (Lipinski definition) is 1. The molecule has 4 rings (SSSR count). The summed E-state index contributed by atoms with van der Waals surface area (Å²) in [7, 11) is -3.92. The molecule has 2 fully saturated rings. The van der Waals surface area contributed by atoms with Crippen molar-refractivity contribution in [1.29, 1.82) is 5.26 Å². The molecular weight excluding hydrogens is 497 g/mol. The average Bonchev–Trinajstić information content (AvgIpc) is 3.43. The minimum Gasteiger partial charge on any atom is -0.336 e. The zero-order chi connectivity index (χ0) is 24.7. The van der Waals surface area contributed by atoms with Crippen LogP contribution in [0.5, 0.6) is 0 Å². The van der Waals surface area contributed by atoms with E-state index >= 15 is 0 Å². The molecule has 1 aliphatic heterocycles. The van der Waals surface area contributed by atoms with Gasteiger partial charge in [0.05, 0.1) is 27.2 Å². The summed E-state index contributed by atoms with van der Waals surface area (Å²) in [4.78, 5) is 27.9. The molecule has 0 spiro atoms. The van der Waals surface area contributed by atoms with Crippen LogP contribution >= 0.6 is 23.2 Å². The fourth-order valence-corrected chi connectivity index (χ4v) is 6.57. The van der Waals surface area contributed by atoms with Crippen molar-refractivity contribution in [2.45, 2.75) is 53.8 Å². The summed E-state index contributed by atoms with van der Waals surface area (Å²) in [5.41, 5.74) is -0.241. The Morgan fingerprint density at radius 1 is 1.15 bits per heavy atom. The summed E-state index contributed by atoms with van der Waals surface area (Å²) >= 11 is 12.1. The Hall–Kier alpha value is -2.60. The van der Waals surface area contributed by atoms with Crippen LogP contribution in [-0.2, 0) is 19.4 Å². The highest BCUT2D eigenvalue weighted by Gasteiger charge is 2.50. The molecule has 2 amide bonds. The monoisotopic (exact) mass is 519 g/mol. The summed E-state index contributed by atoms with van der Waals surface area (Å²) in [5, 5.41) is 11.7. The Kier molecular flexibility index (Phi) is 6.65. The lowest BCUT2D eigenvalue weighted by Gasteiger charge is -2.27. The number of nitrogens with one attached hydrogen (secondary N) is 1. The molecular formula is C24H23Cl2N3O4S. The Balaban J connectivity index is 1.65. The van der Waals surface area contributed by atoms with E-state index in [1.807, 2.05) is 0 Å². The molecule has 1 saturated carbocycles. The smallest absolute Gasteiger partial charge is 0.244 e. The van der Waals surface area contributed by atoms with Crippen LogP contribution < -0.4 is 5.32 Å². The standard InChI is InChI=1S/C24H23Cl2N3O4S/c1-15(16-6-8-17(25)9-7-16)23(31)29-13-18(34(32,33)21-5-3-2-4-19(21)26)12-20(29)22(30)28-24(14-27)10-11-24/h2-9,15,18,20H,10-13H2,1H3,(H,28,30)/t15?,18?,20-/m0/s1. The lowest BCUT2D eigenvalue weighted by molar-refractivity contribution is -0.139. The maximum atomic E-state index is 13.5. The molecule has 178 valence electrons. The van der Waals surface area contributed by atoms with E-state index in [0.717, 1.165) is 0 Å². The number of rotatable bonds is 6. The number of halogens is 2. The third kappa shape index (κ3) is 4.65. The molecule has 2 aliphatic rings. The van der Waals surface area contributed by atoms with Crippen molar-refractivity contribution in [1.82, 2.24) is 10.2 Å². The van der Waals surface area contributed by atoms with Crippen LogP contribution in [0.4, 0.5) is 0 Å². The third-order valence-electron chi connectivity index (χ3n) is 6.50. The summed E-state index contributed by atoms with van der Waals surface area (Å²) in [6.45, 7) is 1.55. The van der Waals surface area contributed by atoms with Crippen LogP contribution in [-0.4, -0.2) is 48.5 Å². The van der Waals surface area contributed by atoms with E-state index < -0.39 is 38.5 Å². The Labute approximate surface area is 208 Å². The highest BCUT2D eigenvalue weighted by molar-refractivity contribution is 7.92. The van der Waals surface area contributed by atoms with Crippen LogP contribution in [0.1, 0.15) is 37.7 Å². The number of nitriles is 1. The van der Waals surface area contributed by atoms with Gasteiger partial charge in [-0.15, -0.1) is 0 Å². The second-order valence-electron chi connectivity index (χ2n) is 8.80. The lowest BCUT2D eigenvalue weighted by Crippen LogP contribution is -2.50. The van der Waals surface area contributed by atoms with E-state index in [9.17, 15) is 23.3 Å². The molecule has 2 aromatic rings. The summed E-state index contributed by atoms with van der Waals surface area (Å²) in [6, 6.07) is 14.0. The molecule has 1 N–H and O–H groups in total. The van der Waals surface area contributed by atoms with Crippen LogP contribution in [0.15, 0.2) is 53.4 Å². The number of nitrogens with zero attached hydrogens (tertiary/aromatic N) is 2. The number of sulfone groups is 1. The lowest BCUT2D eigenvalue weighted by atomic mass is 9.99. The fraction of sp³-hybridized carbons (Fsp3) is 0.375. The zero-order valence-corrected chi connectivity index (χ0v) is 20.7. The van der Waals surface area contributed by atoms with E-state index in [1.165, 1.54) is 17.0 Å². The van der Waals surface area contributed by atoms with Gasteiger partial charge in [0.15, 0.2) is 9.84 Å². The SMILES string of the molecule is CC(C(=O)N1CC(S(=O)(=O)c2ccccc2Cl)C[C@H]1C(=O)NC1(C#N)CC1)c1ccc(Cl)cc1. The second kappa shape index (κ2) is 9.21. The van der Waals surface area contributed by atoms with Crippen LogP contribution in [0.3, 0.4) is 0 Å². The van der Waals surface area contributed by atoms with Gasteiger partial charge in [-0.05, 0) is 56.0 Å². The van der Waals surface area contributed by atoms with E-state index in [2.05, 4.69) is 11.4 Å². The summed E-state index contributed by atoms with van der Waals surface area (Å²) < 4.78 is 26.8. The zero-order valence-electron chi connectivity index (χ0n) is 18.4. The number of amides is 2. The van der Waals surface area contributed by atoms with Gasteiger partial charge in [-0.2, -0.15) is 5.26 Å². The summed E-state index contributed by atoms with van der Waals surface area (Å²) in [6.07, 6.45) is 0.969. The first-order valence-electron chi connectivity index (χ1n) is 10.9. The molecule has 1 aliphatic carbocycles. The minimum absolute atomic E-state index is 0.0310. The van der Waals surface area contributed by atoms with Crippen LogP contribution in [0, 0.1) is 11.3 Å². The van der Waals surface area contributed by atoms with Crippen molar-refractivity contribution >= 4 is 44.9 Å². The van der Waals surface area contributed by atoms with Gasteiger partial charge in [-0.1, -0.05) is 47.5 Å². The Bertz CT molecular complexity index is 1270. The topological polar surface area (TPSA) is 107 Å². The third-order valence-corrected chi connectivity index (χ3v) is 9.38. The fourth-order valence-electron chi connectivity index (χ4n) is 4.22. The first-order valence-corrected chi connectivity index (χ1v) is 13.2. The molecule has 3 atom stereocenters. The van der Waals surface area contributed by atoms with Crippen LogP contribution in [0.2, 0.25) is 10.0 Å². The molecule has 0 radical (unpaired) electrons. The number of benzene rings is 2.